The van der Waals surface area contributed by atoms with Gasteiger partial charge in [-0.1, -0.05) is 41.7 Å². The van der Waals surface area contributed by atoms with Crippen molar-refractivity contribution in [1.82, 2.24) is 14.9 Å². The molecule has 0 aliphatic carbocycles. The molecule has 2 aromatic carbocycles. The summed E-state index contributed by atoms with van der Waals surface area (Å²) in [6.45, 7) is 10.6. The van der Waals surface area contributed by atoms with E-state index in [2.05, 4.69) is 81.6 Å². The van der Waals surface area contributed by atoms with E-state index in [0.717, 1.165) is 84.7 Å². The Bertz CT molecular complexity index is 1700. The molecular weight excluding hydrogens is 619 g/mol. The first-order valence-corrected chi connectivity index (χ1v) is 17.5. The van der Waals surface area contributed by atoms with Crippen LogP contribution in [0.4, 0.5) is 11.4 Å². The fraction of sp³-hybridized carbons (Fsp3) is 0.371. The van der Waals surface area contributed by atoms with Crippen LogP contribution in [0.1, 0.15) is 17.3 Å². The molecule has 2 fully saturated rings. The number of aryl methyl sites for hydroxylation is 1. The number of ether oxygens (including phenoxy) is 3. The van der Waals surface area contributed by atoms with Gasteiger partial charge in [-0.3, -0.25) is 14.7 Å². The second kappa shape index (κ2) is 14.6. The summed E-state index contributed by atoms with van der Waals surface area (Å²) in [6, 6.07) is 20.7. The van der Waals surface area contributed by atoms with Crippen molar-refractivity contribution < 1.29 is 14.2 Å². The standard InChI is InChI=1S/C35H39N5O4S2/c1-24-5-7-28(36-22-24)30(23-44-16-11-39-9-14-42-15-10-39)37-25-6-8-31-33(19-25)45-32-4-2-3-27(35(32)46-31)29-20-26(21-34(41)38-29)40-12-17-43-18-13-40/h2-8,19-22,30,37H,9-18,23H2,1H3,(H,38,41). The molecule has 3 aliphatic heterocycles. The van der Waals surface area contributed by atoms with E-state index in [1.807, 2.05) is 6.20 Å². The molecular formula is C35H39N5O4S2. The van der Waals surface area contributed by atoms with E-state index in [0.29, 0.717) is 26.4 Å². The van der Waals surface area contributed by atoms with Gasteiger partial charge in [-0.25, -0.2) is 0 Å². The highest BCUT2D eigenvalue weighted by molar-refractivity contribution is 8.05. The van der Waals surface area contributed by atoms with Crippen LogP contribution in [-0.4, -0.2) is 87.2 Å². The highest BCUT2D eigenvalue weighted by atomic mass is 32.2. The zero-order valence-corrected chi connectivity index (χ0v) is 27.6. The average Bonchev–Trinajstić information content (AvgIpc) is 3.09. The monoisotopic (exact) mass is 657 g/mol. The van der Waals surface area contributed by atoms with Gasteiger partial charge in [0.05, 0.1) is 57.1 Å². The molecule has 0 spiro atoms. The van der Waals surface area contributed by atoms with Crippen LogP contribution in [0, 0.1) is 6.92 Å². The highest BCUT2D eigenvalue weighted by Gasteiger charge is 2.23. The third kappa shape index (κ3) is 7.46. The number of hydrogen-bond acceptors (Lipinski definition) is 10. The zero-order valence-electron chi connectivity index (χ0n) is 26.0. The minimum absolute atomic E-state index is 0.0842. The van der Waals surface area contributed by atoms with Gasteiger partial charge in [0.2, 0.25) is 5.56 Å². The van der Waals surface area contributed by atoms with E-state index in [9.17, 15) is 4.79 Å². The third-order valence-corrected chi connectivity index (χ3v) is 11.0. The Labute approximate surface area is 278 Å². The van der Waals surface area contributed by atoms with Crippen molar-refractivity contribution in [3.05, 3.63) is 88.5 Å². The number of rotatable bonds is 10. The Balaban J connectivity index is 1.08. The summed E-state index contributed by atoms with van der Waals surface area (Å²) in [6.07, 6.45) is 1.91. The van der Waals surface area contributed by atoms with E-state index < -0.39 is 0 Å². The molecule has 7 rings (SSSR count). The minimum Gasteiger partial charge on any atom is -0.379 e. The highest BCUT2D eigenvalue weighted by Crippen LogP contribution is 2.52. The van der Waals surface area contributed by atoms with Crippen molar-refractivity contribution in [3.8, 4) is 11.3 Å². The first-order chi connectivity index (χ1) is 22.6. The van der Waals surface area contributed by atoms with Gasteiger partial charge in [0.25, 0.3) is 0 Å². The van der Waals surface area contributed by atoms with Crippen molar-refractivity contribution in [3.63, 3.8) is 0 Å². The Morgan fingerprint density at radius 3 is 2.57 bits per heavy atom. The van der Waals surface area contributed by atoms with Crippen molar-refractivity contribution in [1.29, 1.82) is 0 Å². The van der Waals surface area contributed by atoms with Crippen LogP contribution >= 0.6 is 23.5 Å². The van der Waals surface area contributed by atoms with Crippen LogP contribution < -0.4 is 15.8 Å². The molecule has 5 heterocycles. The molecule has 3 aliphatic rings. The first kappa shape index (κ1) is 31.3. The summed E-state index contributed by atoms with van der Waals surface area (Å²) >= 11 is 3.51. The lowest BCUT2D eigenvalue weighted by molar-refractivity contribution is 0.0193. The second-order valence-corrected chi connectivity index (χ2v) is 13.8. The van der Waals surface area contributed by atoms with Gasteiger partial charge in [-0.15, -0.1) is 0 Å². The van der Waals surface area contributed by atoms with Gasteiger partial charge < -0.3 is 29.4 Å². The quantitative estimate of drug-likeness (QED) is 0.182. The summed E-state index contributed by atoms with van der Waals surface area (Å²) in [5, 5.41) is 3.71. The number of nitrogens with one attached hydrogen (secondary N) is 2. The third-order valence-electron chi connectivity index (χ3n) is 8.42. The maximum absolute atomic E-state index is 12.7. The number of anilines is 2. The average molecular weight is 658 g/mol. The van der Waals surface area contributed by atoms with E-state index in [1.54, 1.807) is 29.6 Å². The summed E-state index contributed by atoms with van der Waals surface area (Å²) < 4.78 is 17.2. The molecule has 2 N–H and O–H groups in total. The fourth-order valence-corrected chi connectivity index (χ4v) is 8.30. The van der Waals surface area contributed by atoms with Gasteiger partial charge in [0, 0.05) is 81.5 Å². The lowest BCUT2D eigenvalue weighted by atomic mass is 10.1. The number of aromatic nitrogens is 2. The maximum atomic E-state index is 12.7. The molecule has 0 amide bonds. The summed E-state index contributed by atoms with van der Waals surface area (Å²) in [5.41, 5.74) is 5.83. The van der Waals surface area contributed by atoms with Crippen LogP contribution in [0.5, 0.6) is 0 Å². The number of morpholine rings is 2. The molecule has 1 unspecified atom stereocenters. The number of H-pyrrole nitrogens is 1. The van der Waals surface area contributed by atoms with Gasteiger partial charge in [0.1, 0.15) is 0 Å². The van der Waals surface area contributed by atoms with Crippen LogP contribution in [0.3, 0.4) is 0 Å². The van der Waals surface area contributed by atoms with E-state index in [4.69, 9.17) is 19.2 Å². The predicted octanol–water partition coefficient (Wildman–Crippen LogP) is 5.70. The molecule has 2 aromatic heterocycles. The van der Waals surface area contributed by atoms with Crippen LogP contribution in [0.25, 0.3) is 11.3 Å². The SMILES string of the molecule is Cc1ccc(C(COCCN2CCOCC2)Nc2ccc3c(c2)Sc2cccc(-c4cc(N5CCOCC5)cc(=O)[nH]4)c2S3)nc1. The summed E-state index contributed by atoms with van der Waals surface area (Å²) in [4.78, 5) is 29.9. The molecule has 0 radical (unpaired) electrons. The molecule has 4 aromatic rings. The summed E-state index contributed by atoms with van der Waals surface area (Å²) in [5.74, 6) is 0. The number of hydrogen-bond donors (Lipinski definition) is 2. The van der Waals surface area contributed by atoms with Gasteiger partial charge >= 0.3 is 0 Å². The van der Waals surface area contributed by atoms with E-state index in [1.165, 1.54) is 14.7 Å². The lowest BCUT2D eigenvalue weighted by Crippen LogP contribution is -2.38. The van der Waals surface area contributed by atoms with Gasteiger partial charge in [-0.05, 0) is 48.9 Å². The van der Waals surface area contributed by atoms with E-state index >= 15 is 0 Å². The van der Waals surface area contributed by atoms with Crippen LogP contribution in [0.2, 0.25) is 0 Å². The molecule has 9 nitrogen and oxygen atoms in total. The van der Waals surface area contributed by atoms with Crippen LogP contribution in [0.15, 0.2) is 91.2 Å². The Morgan fingerprint density at radius 2 is 1.76 bits per heavy atom. The molecule has 11 heteroatoms. The number of aromatic amines is 1. The molecule has 1 atom stereocenters. The largest absolute Gasteiger partial charge is 0.379 e. The number of pyridine rings is 2. The van der Waals surface area contributed by atoms with Crippen molar-refractivity contribution in [2.75, 3.05) is 82.6 Å². The molecule has 46 heavy (non-hydrogen) atoms. The molecule has 2 saturated heterocycles. The molecule has 0 saturated carbocycles. The molecule has 240 valence electrons. The maximum Gasteiger partial charge on any atom is 0.250 e. The van der Waals surface area contributed by atoms with Crippen molar-refractivity contribution in [2.45, 2.75) is 32.5 Å². The normalized spacial score (nSPS) is 17.3. The Hall–Kier alpha value is -3.32. The Morgan fingerprint density at radius 1 is 0.935 bits per heavy atom. The lowest BCUT2D eigenvalue weighted by Gasteiger charge is -2.29. The minimum atomic E-state index is -0.0936. The number of fused-ring (bicyclic) bond motifs is 2. The van der Waals surface area contributed by atoms with E-state index in [-0.39, 0.29) is 11.6 Å². The van der Waals surface area contributed by atoms with Gasteiger partial charge in [-0.2, -0.15) is 0 Å². The Kier molecular flexibility index (Phi) is 9.95. The first-order valence-electron chi connectivity index (χ1n) is 15.9. The number of nitrogens with zero attached hydrogens (tertiary/aromatic N) is 3. The predicted molar refractivity (Wildman–Crippen MR) is 184 cm³/mol. The second-order valence-electron chi connectivity index (χ2n) is 11.7. The summed E-state index contributed by atoms with van der Waals surface area (Å²) in [7, 11) is 0. The molecule has 0 bridgehead atoms. The number of benzene rings is 2. The fourth-order valence-electron chi connectivity index (χ4n) is 5.89. The van der Waals surface area contributed by atoms with Gasteiger partial charge in [0.15, 0.2) is 0 Å². The smallest absolute Gasteiger partial charge is 0.250 e. The topological polar surface area (TPSA) is 92.0 Å². The van der Waals surface area contributed by atoms with Crippen LogP contribution in [-0.2, 0) is 14.2 Å². The zero-order chi connectivity index (χ0) is 31.3. The van der Waals surface area contributed by atoms with Crippen molar-refractivity contribution in [2.24, 2.45) is 0 Å². The van der Waals surface area contributed by atoms with Crippen molar-refractivity contribution >= 4 is 34.9 Å².